The van der Waals surface area contributed by atoms with Crippen LogP contribution in [0.4, 0.5) is 5.69 Å². The molecule has 0 N–H and O–H groups in total. The Hall–Kier alpha value is -0.730. The maximum absolute atomic E-state index is 11.0. The second-order valence-corrected chi connectivity index (χ2v) is 3.49. The average molecular weight is 218 g/mol. The van der Waals surface area contributed by atoms with Gasteiger partial charge in [0.1, 0.15) is 0 Å². The van der Waals surface area contributed by atoms with Gasteiger partial charge in [0.25, 0.3) is 0 Å². The van der Waals surface area contributed by atoms with Gasteiger partial charge in [-0.2, -0.15) is 0 Å². The molecule has 0 aliphatic heterocycles. The quantitative estimate of drug-likeness (QED) is 0.709. The first-order chi connectivity index (χ1) is 6.02. The molecular formula is C9H9Cl2NO. The summed E-state index contributed by atoms with van der Waals surface area (Å²) in [6.07, 6.45) is 0. The molecule has 70 valence electrons. The highest BCUT2D eigenvalue weighted by Gasteiger charge is 2.06. The first-order valence-electron chi connectivity index (χ1n) is 3.71. The topological polar surface area (TPSA) is 20.3 Å². The van der Waals surface area contributed by atoms with Crippen molar-refractivity contribution in [2.24, 2.45) is 0 Å². The van der Waals surface area contributed by atoms with E-state index < -0.39 is 0 Å². The van der Waals surface area contributed by atoms with E-state index in [1.807, 2.05) is 0 Å². The van der Waals surface area contributed by atoms with Gasteiger partial charge in [-0.25, -0.2) is 0 Å². The van der Waals surface area contributed by atoms with Crippen LogP contribution in [0.15, 0.2) is 18.2 Å². The van der Waals surface area contributed by atoms with Crippen molar-refractivity contribution in [3.05, 3.63) is 28.2 Å². The molecule has 0 saturated heterocycles. The third kappa shape index (κ3) is 2.36. The van der Waals surface area contributed by atoms with Gasteiger partial charge in [-0.3, -0.25) is 4.79 Å². The molecule has 1 aromatic rings. The van der Waals surface area contributed by atoms with Crippen molar-refractivity contribution in [1.29, 1.82) is 0 Å². The third-order valence-corrected chi connectivity index (χ3v) is 2.50. The van der Waals surface area contributed by atoms with Crippen LogP contribution in [0.3, 0.4) is 0 Å². The first kappa shape index (κ1) is 10.4. The smallest absolute Gasteiger partial charge is 0.223 e. The van der Waals surface area contributed by atoms with Crippen molar-refractivity contribution >= 4 is 34.8 Å². The van der Waals surface area contributed by atoms with Gasteiger partial charge in [0, 0.05) is 19.7 Å². The lowest BCUT2D eigenvalue weighted by molar-refractivity contribution is -0.116. The maximum Gasteiger partial charge on any atom is 0.223 e. The number of hydrogen-bond acceptors (Lipinski definition) is 1. The largest absolute Gasteiger partial charge is 0.316 e. The molecule has 0 heterocycles. The molecule has 0 saturated carbocycles. The third-order valence-electron chi connectivity index (χ3n) is 1.76. The zero-order valence-corrected chi connectivity index (χ0v) is 8.86. The molecule has 0 radical (unpaired) electrons. The summed E-state index contributed by atoms with van der Waals surface area (Å²) in [7, 11) is 1.68. The van der Waals surface area contributed by atoms with Gasteiger partial charge in [0.2, 0.25) is 5.91 Å². The summed E-state index contributed by atoms with van der Waals surface area (Å²) >= 11 is 11.5. The normalized spacial score (nSPS) is 9.85. The Bertz CT molecular complexity index is 338. The SMILES string of the molecule is CC(=O)N(C)c1ccc(Cl)c(Cl)c1. The molecule has 4 heteroatoms. The van der Waals surface area contributed by atoms with Gasteiger partial charge >= 0.3 is 0 Å². The van der Waals surface area contributed by atoms with Gasteiger partial charge in [0.15, 0.2) is 0 Å². The molecule has 13 heavy (non-hydrogen) atoms. The number of amides is 1. The second-order valence-electron chi connectivity index (χ2n) is 2.68. The van der Waals surface area contributed by atoms with Crippen LogP contribution < -0.4 is 4.90 Å². The van der Waals surface area contributed by atoms with Crippen molar-refractivity contribution < 1.29 is 4.79 Å². The maximum atomic E-state index is 11.0. The number of anilines is 1. The van der Waals surface area contributed by atoms with Crippen LogP contribution in [0.5, 0.6) is 0 Å². The van der Waals surface area contributed by atoms with Crippen LogP contribution in [0, 0.1) is 0 Å². The van der Waals surface area contributed by atoms with E-state index in [0.29, 0.717) is 10.0 Å². The van der Waals surface area contributed by atoms with Gasteiger partial charge in [-0.05, 0) is 18.2 Å². The van der Waals surface area contributed by atoms with Crippen LogP contribution >= 0.6 is 23.2 Å². The predicted molar refractivity (Wildman–Crippen MR) is 55.5 cm³/mol. The summed E-state index contributed by atoms with van der Waals surface area (Å²) in [6, 6.07) is 5.07. The van der Waals surface area contributed by atoms with Crippen LogP contribution in [-0.2, 0) is 4.79 Å². The Morgan fingerprint density at radius 2 is 1.92 bits per heavy atom. The van der Waals surface area contributed by atoms with Crippen LogP contribution in [-0.4, -0.2) is 13.0 Å². The fourth-order valence-corrected chi connectivity index (χ4v) is 1.17. The monoisotopic (exact) mass is 217 g/mol. The van der Waals surface area contributed by atoms with Crippen molar-refractivity contribution in [2.75, 3.05) is 11.9 Å². The average Bonchev–Trinajstić information content (AvgIpc) is 2.08. The minimum Gasteiger partial charge on any atom is -0.316 e. The molecule has 0 fully saturated rings. The Morgan fingerprint density at radius 1 is 1.31 bits per heavy atom. The first-order valence-corrected chi connectivity index (χ1v) is 4.47. The van der Waals surface area contributed by atoms with Gasteiger partial charge < -0.3 is 4.90 Å². The number of carbonyl (C=O) groups is 1. The number of rotatable bonds is 1. The van der Waals surface area contributed by atoms with Crippen LogP contribution in [0.1, 0.15) is 6.92 Å². The Morgan fingerprint density at radius 3 is 2.38 bits per heavy atom. The summed E-state index contributed by atoms with van der Waals surface area (Å²) < 4.78 is 0. The molecule has 0 unspecified atom stereocenters. The number of hydrogen-bond donors (Lipinski definition) is 0. The number of nitrogens with zero attached hydrogens (tertiary/aromatic N) is 1. The summed E-state index contributed by atoms with van der Waals surface area (Å²) in [5, 5.41) is 0.939. The summed E-state index contributed by atoms with van der Waals surface area (Å²) in [5.74, 6) is -0.0432. The Labute approximate surface area is 87.1 Å². The molecule has 1 amide bonds. The van der Waals surface area contributed by atoms with E-state index in [4.69, 9.17) is 23.2 Å². The zero-order valence-electron chi connectivity index (χ0n) is 7.34. The van der Waals surface area contributed by atoms with Crippen molar-refractivity contribution in [3.8, 4) is 0 Å². The Balaban J connectivity index is 3.03. The Kier molecular flexibility index (Phi) is 3.17. The summed E-state index contributed by atoms with van der Waals surface area (Å²) in [4.78, 5) is 12.5. The highest BCUT2D eigenvalue weighted by atomic mass is 35.5. The van der Waals surface area contributed by atoms with E-state index in [9.17, 15) is 4.79 Å². The number of halogens is 2. The predicted octanol–water partition coefficient (Wildman–Crippen LogP) is 2.98. The minimum atomic E-state index is -0.0432. The molecule has 0 aliphatic rings. The van der Waals surface area contributed by atoms with E-state index in [-0.39, 0.29) is 5.91 Å². The van der Waals surface area contributed by atoms with Crippen molar-refractivity contribution in [2.45, 2.75) is 6.92 Å². The standard InChI is InChI=1S/C9H9Cl2NO/c1-6(13)12(2)7-3-4-8(10)9(11)5-7/h3-5H,1-2H3. The molecule has 0 spiro atoms. The van der Waals surface area contributed by atoms with E-state index in [2.05, 4.69) is 0 Å². The minimum absolute atomic E-state index is 0.0432. The molecular weight excluding hydrogens is 209 g/mol. The lowest BCUT2D eigenvalue weighted by Crippen LogP contribution is -2.22. The fraction of sp³-hybridized carbons (Fsp3) is 0.222. The highest BCUT2D eigenvalue weighted by Crippen LogP contribution is 2.26. The van der Waals surface area contributed by atoms with Gasteiger partial charge in [-0.15, -0.1) is 0 Å². The van der Waals surface area contributed by atoms with Crippen molar-refractivity contribution in [1.82, 2.24) is 0 Å². The molecule has 1 aromatic carbocycles. The highest BCUT2D eigenvalue weighted by molar-refractivity contribution is 6.42. The zero-order chi connectivity index (χ0) is 10.0. The summed E-state index contributed by atoms with van der Waals surface area (Å²) in [5.41, 5.74) is 0.738. The number of carbonyl (C=O) groups excluding carboxylic acids is 1. The van der Waals surface area contributed by atoms with E-state index in [0.717, 1.165) is 5.69 Å². The van der Waals surface area contributed by atoms with E-state index >= 15 is 0 Å². The second kappa shape index (κ2) is 3.99. The number of benzene rings is 1. The van der Waals surface area contributed by atoms with Gasteiger partial charge in [-0.1, -0.05) is 23.2 Å². The van der Waals surface area contributed by atoms with Crippen molar-refractivity contribution in [3.63, 3.8) is 0 Å². The molecule has 0 aliphatic carbocycles. The van der Waals surface area contributed by atoms with E-state index in [1.54, 1.807) is 25.2 Å². The molecule has 2 nitrogen and oxygen atoms in total. The molecule has 1 rings (SSSR count). The fourth-order valence-electron chi connectivity index (χ4n) is 0.875. The molecule has 0 atom stereocenters. The van der Waals surface area contributed by atoms with Crippen LogP contribution in [0.25, 0.3) is 0 Å². The van der Waals surface area contributed by atoms with E-state index in [1.165, 1.54) is 11.8 Å². The van der Waals surface area contributed by atoms with Gasteiger partial charge in [0.05, 0.1) is 10.0 Å². The lowest BCUT2D eigenvalue weighted by Gasteiger charge is -2.15. The lowest BCUT2D eigenvalue weighted by atomic mass is 10.3. The summed E-state index contributed by atoms with van der Waals surface area (Å²) in [6.45, 7) is 1.49. The molecule has 0 bridgehead atoms. The molecule has 0 aromatic heterocycles. The van der Waals surface area contributed by atoms with Crippen LogP contribution in [0.2, 0.25) is 10.0 Å².